The maximum Gasteiger partial charge on any atom is 0.335 e. The van der Waals surface area contributed by atoms with E-state index in [-0.39, 0.29) is 6.04 Å². The van der Waals surface area contributed by atoms with Gasteiger partial charge in [0.2, 0.25) is 0 Å². The van der Waals surface area contributed by atoms with Crippen LogP contribution in [0.4, 0.5) is 5.69 Å². The van der Waals surface area contributed by atoms with E-state index in [1.54, 1.807) is 18.2 Å². The van der Waals surface area contributed by atoms with E-state index in [4.69, 9.17) is 5.11 Å². The highest BCUT2D eigenvalue weighted by molar-refractivity contribution is 5.88. The van der Waals surface area contributed by atoms with Gasteiger partial charge >= 0.3 is 5.97 Å². The largest absolute Gasteiger partial charge is 0.478 e. The van der Waals surface area contributed by atoms with Crippen LogP contribution in [0.3, 0.4) is 0 Å². The van der Waals surface area contributed by atoms with Gasteiger partial charge in [-0.3, -0.25) is 0 Å². The lowest BCUT2D eigenvalue weighted by molar-refractivity contribution is 0.0339. The Morgan fingerprint density at radius 1 is 1.48 bits per heavy atom. The van der Waals surface area contributed by atoms with Crippen LogP contribution in [0.25, 0.3) is 0 Å². The Labute approximate surface area is 125 Å². The molecule has 1 aromatic carbocycles. The molecule has 0 aromatic heterocycles. The number of allylic oxidation sites excluding steroid dienone is 2. The summed E-state index contributed by atoms with van der Waals surface area (Å²) < 4.78 is 0. The molecule has 2 atom stereocenters. The van der Waals surface area contributed by atoms with Gasteiger partial charge in [0.25, 0.3) is 0 Å². The summed E-state index contributed by atoms with van der Waals surface area (Å²) >= 11 is 0. The van der Waals surface area contributed by atoms with E-state index in [1.807, 2.05) is 20.8 Å². The Morgan fingerprint density at radius 2 is 2.19 bits per heavy atom. The van der Waals surface area contributed by atoms with Gasteiger partial charge in [-0.15, -0.1) is 0 Å². The Hall–Kier alpha value is -1.81. The molecule has 1 aliphatic heterocycles. The Morgan fingerprint density at radius 3 is 2.81 bits per heavy atom. The number of benzene rings is 1. The van der Waals surface area contributed by atoms with Crippen LogP contribution in [-0.2, 0) is 6.42 Å². The summed E-state index contributed by atoms with van der Waals surface area (Å²) in [5, 5.41) is 23.0. The van der Waals surface area contributed by atoms with Gasteiger partial charge in [0.05, 0.1) is 17.2 Å². The minimum absolute atomic E-state index is 0.0814. The number of hydrogen-bond donors (Lipinski definition) is 3. The molecule has 0 saturated heterocycles. The zero-order valence-corrected chi connectivity index (χ0v) is 12.8. The van der Waals surface area contributed by atoms with Crippen molar-refractivity contribution in [3.63, 3.8) is 0 Å². The minimum Gasteiger partial charge on any atom is -0.478 e. The molecular formula is C17H23NO3. The molecule has 3 N–H and O–H groups in total. The number of nitrogens with one attached hydrogen (secondary N) is 1. The van der Waals surface area contributed by atoms with Crippen LogP contribution in [0.5, 0.6) is 0 Å². The maximum atomic E-state index is 11.0. The second-order valence-electron chi connectivity index (χ2n) is 6.26. The van der Waals surface area contributed by atoms with Gasteiger partial charge in [-0.25, -0.2) is 4.79 Å². The van der Waals surface area contributed by atoms with Crippen molar-refractivity contribution in [2.24, 2.45) is 0 Å². The van der Waals surface area contributed by atoms with E-state index in [1.165, 1.54) is 5.57 Å². The molecule has 114 valence electrons. The van der Waals surface area contributed by atoms with Crippen molar-refractivity contribution in [2.75, 3.05) is 5.32 Å². The summed E-state index contributed by atoms with van der Waals surface area (Å²) in [7, 11) is 0. The highest BCUT2D eigenvalue weighted by atomic mass is 16.4. The van der Waals surface area contributed by atoms with Crippen LogP contribution < -0.4 is 5.32 Å². The number of anilines is 1. The summed E-state index contributed by atoms with van der Waals surface area (Å²) in [6, 6.07) is 4.98. The van der Waals surface area contributed by atoms with Crippen LogP contribution in [0, 0.1) is 0 Å². The van der Waals surface area contributed by atoms with E-state index in [0.29, 0.717) is 18.4 Å². The fourth-order valence-corrected chi connectivity index (χ4v) is 2.70. The third-order valence-electron chi connectivity index (χ3n) is 4.06. The molecule has 1 unspecified atom stereocenters. The normalized spacial score (nSPS) is 19.3. The third-order valence-corrected chi connectivity index (χ3v) is 4.06. The average molecular weight is 289 g/mol. The molecule has 4 heteroatoms. The Balaban J connectivity index is 2.07. The quantitative estimate of drug-likeness (QED) is 0.728. The molecule has 2 rings (SSSR count). The first kappa shape index (κ1) is 15.6. The highest BCUT2D eigenvalue weighted by Gasteiger charge is 2.35. The second kappa shape index (κ2) is 5.90. The van der Waals surface area contributed by atoms with Gasteiger partial charge in [0, 0.05) is 5.69 Å². The summed E-state index contributed by atoms with van der Waals surface area (Å²) in [5.41, 5.74) is 2.60. The summed E-state index contributed by atoms with van der Waals surface area (Å²) in [6.45, 7) is 5.94. The lowest BCUT2D eigenvalue weighted by Gasteiger charge is -2.30. The Kier molecular flexibility index (Phi) is 4.37. The van der Waals surface area contributed by atoms with Crippen molar-refractivity contribution in [2.45, 2.75) is 51.7 Å². The smallest absolute Gasteiger partial charge is 0.335 e. The van der Waals surface area contributed by atoms with Gasteiger partial charge < -0.3 is 15.5 Å². The molecule has 0 bridgehead atoms. The van der Waals surface area contributed by atoms with Crippen molar-refractivity contribution >= 4 is 11.7 Å². The van der Waals surface area contributed by atoms with E-state index in [9.17, 15) is 9.90 Å². The SMILES string of the molecule is CC(C)=CCC[C@@](C)(O)C1Cc2cc(C(=O)O)ccc2N1. The lowest BCUT2D eigenvalue weighted by atomic mass is 9.89. The van der Waals surface area contributed by atoms with Crippen molar-refractivity contribution < 1.29 is 15.0 Å². The van der Waals surface area contributed by atoms with Crippen molar-refractivity contribution in [3.05, 3.63) is 41.0 Å². The first-order valence-electron chi connectivity index (χ1n) is 7.28. The maximum absolute atomic E-state index is 11.0. The topological polar surface area (TPSA) is 69.6 Å². The minimum atomic E-state index is -0.920. The van der Waals surface area contributed by atoms with Crippen molar-refractivity contribution in [1.29, 1.82) is 0 Å². The van der Waals surface area contributed by atoms with Gasteiger partial charge in [0.15, 0.2) is 0 Å². The van der Waals surface area contributed by atoms with Crippen molar-refractivity contribution in [3.8, 4) is 0 Å². The zero-order valence-electron chi connectivity index (χ0n) is 12.8. The average Bonchev–Trinajstić information content (AvgIpc) is 2.81. The van der Waals surface area contributed by atoms with E-state index in [2.05, 4.69) is 11.4 Å². The molecule has 0 spiro atoms. The first-order chi connectivity index (χ1) is 9.79. The van der Waals surface area contributed by atoms with Crippen molar-refractivity contribution in [1.82, 2.24) is 0 Å². The van der Waals surface area contributed by atoms with Gasteiger partial charge in [0.1, 0.15) is 0 Å². The summed E-state index contributed by atoms with van der Waals surface area (Å²) in [4.78, 5) is 11.0. The first-order valence-corrected chi connectivity index (χ1v) is 7.28. The molecule has 1 heterocycles. The molecule has 1 aromatic rings. The van der Waals surface area contributed by atoms with Gasteiger partial charge in [-0.2, -0.15) is 0 Å². The van der Waals surface area contributed by atoms with Crippen LogP contribution in [0.1, 0.15) is 49.5 Å². The van der Waals surface area contributed by atoms with E-state index < -0.39 is 11.6 Å². The van der Waals surface area contributed by atoms with Gasteiger partial charge in [-0.1, -0.05) is 11.6 Å². The Bertz CT molecular complexity index is 571. The predicted molar refractivity (Wildman–Crippen MR) is 83.8 cm³/mol. The molecule has 1 aliphatic rings. The number of aliphatic hydroxyl groups is 1. The highest BCUT2D eigenvalue weighted by Crippen LogP contribution is 2.33. The molecule has 21 heavy (non-hydrogen) atoms. The van der Waals surface area contributed by atoms with E-state index in [0.717, 1.165) is 17.7 Å². The van der Waals surface area contributed by atoms with Crippen LogP contribution in [0.15, 0.2) is 29.8 Å². The molecule has 0 saturated carbocycles. The van der Waals surface area contributed by atoms with Crippen LogP contribution >= 0.6 is 0 Å². The number of carbonyl (C=O) groups is 1. The summed E-state index contributed by atoms with van der Waals surface area (Å²) in [5.74, 6) is -0.920. The predicted octanol–water partition coefficient (Wildman–Crippen LogP) is 3.22. The zero-order chi connectivity index (χ0) is 15.6. The molecule has 0 aliphatic carbocycles. The molecule has 0 radical (unpaired) electrons. The second-order valence-corrected chi connectivity index (χ2v) is 6.26. The number of fused-ring (bicyclic) bond motifs is 1. The lowest BCUT2D eigenvalue weighted by Crippen LogP contribution is -2.43. The monoisotopic (exact) mass is 289 g/mol. The molecular weight excluding hydrogens is 266 g/mol. The van der Waals surface area contributed by atoms with Crippen LogP contribution in [0.2, 0.25) is 0 Å². The fourth-order valence-electron chi connectivity index (χ4n) is 2.70. The standard InChI is InChI=1S/C17H23NO3/c1-11(2)5-4-8-17(3,21)15-10-13-9-12(16(19)20)6-7-14(13)18-15/h5-7,9,15,18,21H,4,8,10H2,1-3H3,(H,19,20)/t15?,17-/m1/s1. The van der Waals surface area contributed by atoms with E-state index >= 15 is 0 Å². The summed E-state index contributed by atoms with van der Waals surface area (Å²) in [6.07, 6.45) is 4.29. The third kappa shape index (κ3) is 3.64. The number of carboxylic acids is 1. The van der Waals surface area contributed by atoms with Gasteiger partial charge in [-0.05, 0) is 63.8 Å². The molecule has 4 nitrogen and oxygen atoms in total. The molecule has 0 amide bonds. The van der Waals surface area contributed by atoms with Crippen LogP contribution in [-0.4, -0.2) is 27.8 Å². The number of hydrogen-bond acceptors (Lipinski definition) is 3. The number of carboxylic acid groups (broad SMARTS) is 1. The number of aromatic carboxylic acids is 1. The fraction of sp³-hybridized carbons (Fsp3) is 0.471. The number of rotatable bonds is 5. The molecule has 0 fully saturated rings.